The van der Waals surface area contributed by atoms with Crippen molar-refractivity contribution in [1.29, 1.82) is 0 Å². The minimum atomic E-state index is -0.174. The lowest BCUT2D eigenvalue weighted by Gasteiger charge is -2.21. The van der Waals surface area contributed by atoms with Gasteiger partial charge < -0.3 is 14.8 Å². The highest BCUT2D eigenvalue weighted by atomic mass is 16.5. The second-order valence-electron chi connectivity index (χ2n) is 4.17. The fourth-order valence-electron chi connectivity index (χ4n) is 2.15. The van der Waals surface area contributed by atoms with Crippen molar-refractivity contribution >= 4 is 0 Å². The Morgan fingerprint density at radius 1 is 1.05 bits per heavy atom. The van der Waals surface area contributed by atoms with Crippen molar-refractivity contribution in [3.8, 4) is 11.5 Å². The van der Waals surface area contributed by atoms with Gasteiger partial charge >= 0.3 is 0 Å². The van der Waals surface area contributed by atoms with Crippen molar-refractivity contribution in [2.75, 3.05) is 20.8 Å². The number of hydrogen-bond acceptors (Lipinski definition) is 5. The summed E-state index contributed by atoms with van der Waals surface area (Å²) in [6.45, 7) is 2.82. The number of hydrogen-bond donors (Lipinski definition) is 1. The topological polar surface area (TPSA) is 56.3 Å². The number of benzene rings is 1. The zero-order valence-electron chi connectivity index (χ0n) is 12.0. The highest BCUT2D eigenvalue weighted by Gasteiger charge is 2.23. The molecule has 5 heteroatoms. The molecule has 0 aliphatic heterocycles. The molecule has 0 spiro atoms. The van der Waals surface area contributed by atoms with Gasteiger partial charge in [0.15, 0.2) is 0 Å². The molecule has 0 saturated carbocycles. The third-order valence-electron chi connectivity index (χ3n) is 3.01. The van der Waals surface area contributed by atoms with Gasteiger partial charge in [0.1, 0.15) is 23.4 Å². The number of ether oxygens (including phenoxy) is 2. The van der Waals surface area contributed by atoms with Gasteiger partial charge in [-0.1, -0.05) is 13.0 Å². The first-order valence-corrected chi connectivity index (χ1v) is 6.53. The lowest BCUT2D eigenvalue weighted by atomic mass is 10.0. The van der Waals surface area contributed by atoms with Crippen molar-refractivity contribution in [3.63, 3.8) is 0 Å². The van der Waals surface area contributed by atoms with E-state index >= 15 is 0 Å². The van der Waals surface area contributed by atoms with Gasteiger partial charge in [0, 0.05) is 12.4 Å². The smallest absolute Gasteiger partial charge is 0.149 e. The van der Waals surface area contributed by atoms with Gasteiger partial charge in [-0.3, -0.25) is 0 Å². The molecule has 0 aliphatic carbocycles. The van der Waals surface area contributed by atoms with Crippen LogP contribution >= 0.6 is 0 Å². The first kappa shape index (κ1) is 14.3. The normalized spacial score (nSPS) is 11.9. The number of nitrogens with zero attached hydrogens (tertiary/aromatic N) is 2. The first-order valence-electron chi connectivity index (χ1n) is 6.53. The van der Waals surface area contributed by atoms with Gasteiger partial charge in [0.25, 0.3) is 0 Å². The molecular formula is C15H19N3O2. The summed E-state index contributed by atoms with van der Waals surface area (Å²) in [5, 5.41) is 3.38. The van der Waals surface area contributed by atoms with E-state index in [-0.39, 0.29) is 6.04 Å². The number of rotatable bonds is 6. The average molecular weight is 273 g/mol. The molecule has 1 atom stereocenters. The highest BCUT2D eigenvalue weighted by Crippen LogP contribution is 2.36. The lowest BCUT2D eigenvalue weighted by Crippen LogP contribution is -2.25. The van der Waals surface area contributed by atoms with Gasteiger partial charge in [0.05, 0.1) is 19.8 Å². The molecule has 0 bridgehead atoms. The average Bonchev–Trinajstić information content (AvgIpc) is 2.52. The summed E-state index contributed by atoms with van der Waals surface area (Å²) in [7, 11) is 3.29. The molecular weight excluding hydrogens is 254 g/mol. The summed E-state index contributed by atoms with van der Waals surface area (Å²) >= 11 is 0. The molecule has 2 rings (SSSR count). The molecule has 2 aromatic rings. The van der Waals surface area contributed by atoms with Crippen molar-refractivity contribution < 1.29 is 9.47 Å². The van der Waals surface area contributed by atoms with E-state index in [2.05, 4.69) is 15.3 Å². The lowest BCUT2D eigenvalue weighted by molar-refractivity contribution is 0.375. The maximum Gasteiger partial charge on any atom is 0.149 e. The van der Waals surface area contributed by atoms with Gasteiger partial charge in [-0.15, -0.1) is 0 Å². The molecule has 0 aliphatic rings. The monoisotopic (exact) mass is 273 g/mol. The Morgan fingerprint density at radius 3 is 2.15 bits per heavy atom. The molecule has 1 aromatic heterocycles. The minimum Gasteiger partial charge on any atom is -0.496 e. The molecule has 20 heavy (non-hydrogen) atoms. The highest BCUT2D eigenvalue weighted by molar-refractivity contribution is 5.49. The van der Waals surface area contributed by atoms with Gasteiger partial charge in [-0.25, -0.2) is 9.97 Å². The molecule has 1 heterocycles. The summed E-state index contributed by atoms with van der Waals surface area (Å²) in [5.74, 6) is 2.20. The quantitative estimate of drug-likeness (QED) is 0.874. The van der Waals surface area contributed by atoms with Crippen molar-refractivity contribution in [2.45, 2.75) is 13.0 Å². The third-order valence-corrected chi connectivity index (χ3v) is 3.01. The Bertz CT molecular complexity index is 524. The van der Waals surface area contributed by atoms with E-state index in [1.807, 2.05) is 25.1 Å². The van der Waals surface area contributed by atoms with Crippen molar-refractivity contribution in [3.05, 3.63) is 48.0 Å². The van der Waals surface area contributed by atoms with Gasteiger partial charge in [0.2, 0.25) is 0 Å². The molecule has 1 N–H and O–H groups in total. The standard InChI is InChI=1S/C15H19N3O2/c1-4-16-14(15-17-9-6-10-18-15)13-11(19-2)7-5-8-12(13)20-3/h5-10,14,16H,4H2,1-3H3. The van der Waals surface area contributed by atoms with Crippen LogP contribution in [-0.2, 0) is 0 Å². The van der Waals surface area contributed by atoms with E-state index in [0.717, 1.165) is 23.6 Å². The zero-order valence-corrected chi connectivity index (χ0v) is 12.0. The molecule has 0 saturated heterocycles. The van der Waals surface area contributed by atoms with Crippen molar-refractivity contribution in [1.82, 2.24) is 15.3 Å². The fourth-order valence-corrected chi connectivity index (χ4v) is 2.15. The molecule has 5 nitrogen and oxygen atoms in total. The molecule has 0 amide bonds. The van der Waals surface area contributed by atoms with Crippen molar-refractivity contribution in [2.24, 2.45) is 0 Å². The predicted molar refractivity (Wildman–Crippen MR) is 77.1 cm³/mol. The van der Waals surface area contributed by atoms with Crippen LogP contribution in [0.15, 0.2) is 36.7 Å². The number of nitrogens with one attached hydrogen (secondary N) is 1. The van der Waals surface area contributed by atoms with E-state index in [1.165, 1.54) is 0 Å². The maximum absolute atomic E-state index is 5.46. The molecule has 0 fully saturated rings. The third kappa shape index (κ3) is 2.88. The Morgan fingerprint density at radius 2 is 1.65 bits per heavy atom. The van der Waals surface area contributed by atoms with E-state index in [4.69, 9.17) is 9.47 Å². The Hall–Kier alpha value is -2.14. The summed E-state index contributed by atoms with van der Waals surface area (Å²) < 4.78 is 10.9. The Balaban J connectivity index is 2.54. The van der Waals surface area contributed by atoms with E-state index in [9.17, 15) is 0 Å². The molecule has 106 valence electrons. The first-order chi connectivity index (χ1) is 9.81. The Kier molecular flexibility index (Phi) is 4.90. The van der Waals surface area contributed by atoms with Crippen LogP contribution in [0.3, 0.4) is 0 Å². The SMILES string of the molecule is CCNC(c1ncccn1)c1c(OC)cccc1OC. The minimum absolute atomic E-state index is 0.174. The van der Waals surface area contributed by atoms with Gasteiger partial charge in [-0.2, -0.15) is 0 Å². The predicted octanol–water partition coefficient (Wildman–Crippen LogP) is 2.19. The number of aromatic nitrogens is 2. The van der Waals surface area contributed by atoms with Gasteiger partial charge in [-0.05, 0) is 24.7 Å². The van der Waals surface area contributed by atoms with Crippen LogP contribution in [0.5, 0.6) is 11.5 Å². The van der Waals surface area contributed by atoms with Crippen LogP contribution in [-0.4, -0.2) is 30.7 Å². The van der Waals surface area contributed by atoms with E-state index in [1.54, 1.807) is 32.7 Å². The number of methoxy groups -OCH3 is 2. The van der Waals surface area contributed by atoms with Crippen LogP contribution < -0.4 is 14.8 Å². The summed E-state index contributed by atoms with van der Waals surface area (Å²) in [5.41, 5.74) is 0.908. The largest absolute Gasteiger partial charge is 0.496 e. The molecule has 0 radical (unpaired) electrons. The summed E-state index contributed by atoms with van der Waals surface area (Å²) in [6.07, 6.45) is 3.46. The van der Waals surface area contributed by atoms with Crippen LogP contribution in [0.1, 0.15) is 24.4 Å². The maximum atomic E-state index is 5.46. The van der Waals surface area contributed by atoms with E-state index in [0.29, 0.717) is 5.82 Å². The molecule has 1 unspecified atom stereocenters. The summed E-state index contributed by atoms with van der Waals surface area (Å²) in [4.78, 5) is 8.68. The zero-order chi connectivity index (χ0) is 14.4. The van der Waals surface area contributed by atoms with Crippen LogP contribution in [0, 0.1) is 0 Å². The Labute approximate surface area is 119 Å². The molecule has 1 aromatic carbocycles. The van der Waals surface area contributed by atoms with Crippen LogP contribution in [0.25, 0.3) is 0 Å². The second kappa shape index (κ2) is 6.86. The van der Waals surface area contributed by atoms with Crippen LogP contribution in [0.4, 0.5) is 0 Å². The second-order valence-corrected chi connectivity index (χ2v) is 4.17. The van der Waals surface area contributed by atoms with E-state index < -0.39 is 0 Å². The summed E-state index contributed by atoms with van der Waals surface area (Å²) in [6, 6.07) is 7.34. The van der Waals surface area contributed by atoms with Crippen LogP contribution in [0.2, 0.25) is 0 Å². The fraction of sp³-hybridized carbons (Fsp3) is 0.333.